The first kappa shape index (κ1) is 14.7. The third-order valence-corrected chi connectivity index (χ3v) is 2.68. The van der Waals surface area contributed by atoms with E-state index in [2.05, 4.69) is 6.58 Å². The Kier molecular flexibility index (Phi) is 8.81. The molecule has 0 saturated heterocycles. The van der Waals surface area contributed by atoms with Crippen molar-refractivity contribution >= 4 is 8.80 Å². The third-order valence-electron chi connectivity index (χ3n) is 1.13. The molecule has 0 aliphatic rings. The Bertz CT molecular complexity index is 143. The molecule has 0 amide bonds. The van der Waals surface area contributed by atoms with Crippen LogP contribution in [-0.2, 0) is 28.4 Å². The average Bonchev–Trinajstić information content (AvgIpc) is 2.29. The van der Waals surface area contributed by atoms with Crippen LogP contribution in [0.15, 0.2) is 12.3 Å². The summed E-state index contributed by atoms with van der Waals surface area (Å²) >= 11 is 0. The van der Waals surface area contributed by atoms with Crippen molar-refractivity contribution in [3.05, 3.63) is 12.3 Å². The van der Waals surface area contributed by atoms with E-state index in [0.29, 0.717) is 19.8 Å². The minimum Gasteiger partial charge on any atom is -0.243 e. The predicted octanol–water partition coefficient (Wildman–Crippen LogP) is 1.55. The maximum atomic E-state index is 4.96. The minimum atomic E-state index is -3.24. The summed E-state index contributed by atoms with van der Waals surface area (Å²) in [6.07, 6.45) is 0. The van der Waals surface area contributed by atoms with Crippen molar-refractivity contribution in [2.45, 2.75) is 20.8 Å². The molecule has 0 spiro atoms. The zero-order valence-corrected chi connectivity index (χ0v) is 10.4. The lowest BCUT2D eigenvalue weighted by Gasteiger charge is -2.21. The van der Waals surface area contributed by atoms with Crippen molar-refractivity contribution in [1.29, 1.82) is 0 Å². The molecule has 0 aromatic rings. The largest absolute Gasteiger partial charge is 0.612 e. The van der Waals surface area contributed by atoms with Gasteiger partial charge in [0.05, 0.1) is 19.8 Å². The minimum absolute atomic E-state index is 0.355. The molecule has 0 aliphatic carbocycles. The van der Waals surface area contributed by atoms with Crippen LogP contribution in [0.4, 0.5) is 0 Å². The SMILES string of the molecule is C=C[Si](OOCC)(OOCC)OOCC. The van der Waals surface area contributed by atoms with Crippen LogP contribution in [0.2, 0.25) is 0 Å². The predicted molar refractivity (Wildman–Crippen MR) is 54.1 cm³/mol. The summed E-state index contributed by atoms with van der Waals surface area (Å²) in [7, 11) is -3.24. The van der Waals surface area contributed by atoms with E-state index in [1.54, 1.807) is 20.8 Å². The van der Waals surface area contributed by atoms with Crippen LogP contribution in [0.5, 0.6) is 0 Å². The molecular formula is C8H18O6Si. The highest BCUT2D eigenvalue weighted by atomic mass is 28.4. The van der Waals surface area contributed by atoms with Gasteiger partial charge in [0.25, 0.3) is 0 Å². The summed E-state index contributed by atoms with van der Waals surface area (Å²) in [5.41, 5.74) is 1.36. The normalized spacial score (nSPS) is 11.7. The molecule has 0 rings (SSSR count). The molecule has 0 saturated carbocycles. The number of hydrogen-bond acceptors (Lipinski definition) is 6. The molecule has 0 radical (unpaired) electrons. The summed E-state index contributed by atoms with van der Waals surface area (Å²) in [6, 6.07) is 0. The topological polar surface area (TPSA) is 55.4 Å². The lowest BCUT2D eigenvalue weighted by molar-refractivity contribution is -0.355. The lowest BCUT2D eigenvalue weighted by Crippen LogP contribution is -2.44. The maximum absolute atomic E-state index is 4.96. The molecule has 6 nitrogen and oxygen atoms in total. The molecule has 0 fully saturated rings. The van der Waals surface area contributed by atoms with E-state index in [-0.39, 0.29) is 0 Å². The first-order chi connectivity index (χ1) is 7.24. The second kappa shape index (κ2) is 8.98. The van der Waals surface area contributed by atoms with Gasteiger partial charge in [0.2, 0.25) is 0 Å². The maximum Gasteiger partial charge on any atom is 0.612 e. The smallest absolute Gasteiger partial charge is 0.243 e. The molecule has 0 aromatic heterocycles. The monoisotopic (exact) mass is 238 g/mol. The average molecular weight is 238 g/mol. The Hall–Kier alpha value is -0.283. The van der Waals surface area contributed by atoms with Gasteiger partial charge in [-0.05, 0) is 26.5 Å². The van der Waals surface area contributed by atoms with Crippen LogP contribution in [0.25, 0.3) is 0 Å². The number of hydrogen-bond donors (Lipinski definition) is 0. The zero-order valence-electron chi connectivity index (χ0n) is 9.36. The molecule has 0 unspecified atom stereocenters. The van der Waals surface area contributed by atoms with Crippen molar-refractivity contribution < 1.29 is 28.4 Å². The summed E-state index contributed by atoms with van der Waals surface area (Å²) in [5.74, 6) is 0. The van der Waals surface area contributed by atoms with Gasteiger partial charge < -0.3 is 0 Å². The Morgan fingerprint density at radius 1 is 0.867 bits per heavy atom. The van der Waals surface area contributed by atoms with Crippen molar-refractivity contribution in [1.82, 2.24) is 0 Å². The van der Waals surface area contributed by atoms with Crippen molar-refractivity contribution in [2.75, 3.05) is 19.8 Å². The quantitative estimate of drug-likeness (QED) is 0.327. The van der Waals surface area contributed by atoms with E-state index in [1.807, 2.05) is 0 Å². The standard InChI is InChI=1S/C8H18O6Si/c1-5-9-12-15(8-4,13-10-6-2)14-11-7-3/h8H,4-7H2,1-3H3. The van der Waals surface area contributed by atoms with Crippen LogP contribution in [0, 0.1) is 0 Å². The highest BCUT2D eigenvalue weighted by Crippen LogP contribution is 2.12. The van der Waals surface area contributed by atoms with E-state index >= 15 is 0 Å². The summed E-state index contributed by atoms with van der Waals surface area (Å²) in [6.45, 7) is 9.91. The molecule has 0 aliphatic heterocycles. The van der Waals surface area contributed by atoms with Crippen molar-refractivity contribution in [3.63, 3.8) is 0 Å². The van der Waals surface area contributed by atoms with Crippen LogP contribution in [0.1, 0.15) is 20.8 Å². The molecule has 7 heteroatoms. The fourth-order valence-electron chi connectivity index (χ4n) is 0.567. The summed E-state index contributed by atoms with van der Waals surface area (Å²) < 4.78 is 14.9. The van der Waals surface area contributed by atoms with Gasteiger partial charge in [-0.3, -0.25) is 0 Å². The summed E-state index contributed by atoms with van der Waals surface area (Å²) in [4.78, 5) is 14.3. The highest BCUT2D eigenvalue weighted by Gasteiger charge is 2.44. The van der Waals surface area contributed by atoms with Crippen LogP contribution < -0.4 is 0 Å². The van der Waals surface area contributed by atoms with Crippen molar-refractivity contribution in [3.8, 4) is 0 Å². The Labute approximate surface area is 90.8 Å². The first-order valence-corrected chi connectivity index (χ1v) is 6.60. The molecule has 0 bridgehead atoms. The van der Waals surface area contributed by atoms with Gasteiger partial charge in [0.1, 0.15) is 0 Å². The Balaban J connectivity index is 4.23. The van der Waals surface area contributed by atoms with Gasteiger partial charge in [0.15, 0.2) is 0 Å². The third kappa shape index (κ3) is 6.00. The van der Waals surface area contributed by atoms with Gasteiger partial charge in [0, 0.05) is 0 Å². The fourth-order valence-corrected chi connectivity index (χ4v) is 1.70. The van der Waals surface area contributed by atoms with Gasteiger partial charge in [-0.15, -0.1) is 0 Å². The van der Waals surface area contributed by atoms with Gasteiger partial charge in [-0.2, -0.15) is 0 Å². The zero-order chi connectivity index (χ0) is 11.6. The molecular weight excluding hydrogens is 220 g/mol. The number of rotatable bonds is 10. The van der Waals surface area contributed by atoms with Gasteiger partial charge in [-0.1, -0.05) is 6.58 Å². The van der Waals surface area contributed by atoms with Crippen LogP contribution in [0.3, 0.4) is 0 Å². The Morgan fingerprint density at radius 2 is 1.20 bits per heavy atom. The van der Waals surface area contributed by atoms with Crippen molar-refractivity contribution in [2.24, 2.45) is 0 Å². The second-order valence-corrected chi connectivity index (χ2v) is 4.39. The highest BCUT2D eigenvalue weighted by molar-refractivity contribution is 6.65. The molecule has 0 N–H and O–H groups in total. The van der Waals surface area contributed by atoms with Crippen LogP contribution >= 0.6 is 0 Å². The van der Waals surface area contributed by atoms with Gasteiger partial charge in [-0.25, -0.2) is 28.4 Å². The lowest BCUT2D eigenvalue weighted by atomic mass is 10.9. The van der Waals surface area contributed by atoms with Crippen LogP contribution in [-0.4, -0.2) is 28.6 Å². The summed E-state index contributed by atoms with van der Waals surface area (Å²) in [5, 5.41) is 0. The van der Waals surface area contributed by atoms with E-state index < -0.39 is 8.80 Å². The van der Waals surface area contributed by atoms with E-state index in [9.17, 15) is 0 Å². The van der Waals surface area contributed by atoms with E-state index in [4.69, 9.17) is 28.4 Å². The second-order valence-electron chi connectivity index (χ2n) is 2.28. The molecule has 0 aromatic carbocycles. The Morgan fingerprint density at radius 3 is 1.40 bits per heavy atom. The molecule has 15 heavy (non-hydrogen) atoms. The van der Waals surface area contributed by atoms with E-state index in [1.165, 1.54) is 5.70 Å². The molecule has 0 atom stereocenters. The molecule has 0 heterocycles. The fraction of sp³-hybridized carbons (Fsp3) is 0.750. The first-order valence-electron chi connectivity index (χ1n) is 4.80. The molecule has 90 valence electrons. The van der Waals surface area contributed by atoms with E-state index in [0.717, 1.165) is 0 Å². The van der Waals surface area contributed by atoms with Gasteiger partial charge >= 0.3 is 8.80 Å².